The Balaban J connectivity index is 0. The van der Waals surface area contributed by atoms with Gasteiger partial charge in [0, 0.05) is 6.92 Å². The predicted molar refractivity (Wildman–Crippen MR) is 56.5 cm³/mol. The van der Waals surface area contributed by atoms with Crippen LogP contribution in [0.3, 0.4) is 0 Å². The van der Waals surface area contributed by atoms with Crippen LogP contribution in [0.1, 0.15) is 12.7 Å². The van der Waals surface area contributed by atoms with Crippen LogP contribution in [-0.2, 0) is 13.6 Å². The number of hydrogen-bond donors (Lipinski definition) is 0. The molecule has 0 N–H and O–H groups in total. The van der Waals surface area contributed by atoms with Crippen molar-refractivity contribution in [2.24, 2.45) is 7.05 Å². The fraction of sp³-hybridized carbons (Fsp3) is 0.571. The van der Waals surface area contributed by atoms with E-state index in [4.69, 9.17) is 0 Å². The Hall–Kier alpha value is -0.525. The lowest BCUT2D eigenvalue weighted by molar-refractivity contribution is -0.677. The van der Waals surface area contributed by atoms with Crippen molar-refractivity contribution in [3.63, 3.8) is 0 Å². The van der Waals surface area contributed by atoms with Crippen molar-refractivity contribution >= 4 is 24.2 Å². The Morgan fingerprint density at radius 2 is 1.73 bits per heavy atom. The summed E-state index contributed by atoms with van der Waals surface area (Å²) in [7, 11) is -3.94. The van der Waals surface area contributed by atoms with Gasteiger partial charge in [-0.2, -0.15) is 0 Å². The van der Waals surface area contributed by atoms with Crippen LogP contribution in [-0.4, -0.2) is 11.8 Å². The SMILES string of the molecule is Br.CCn1cc[n+](C)c1C.F[B-](F)(F)F. The summed E-state index contributed by atoms with van der Waals surface area (Å²) in [6, 6.07) is 0. The third-order valence-electron chi connectivity index (χ3n) is 1.74. The molecule has 0 saturated heterocycles. The lowest BCUT2D eigenvalue weighted by atomic mass is 10.3. The number of halogens is 5. The topological polar surface area (TPSA) is 8.81 Å². The molecule has 0 unspecified atom stereocenters. The zero-order valence-corrected chi connectivity index (χ0v) is 10.5. The largest absolute Gasteiger partial charge is 0.673 e. The quantitative estimate of drug-likeness (QED) is 0.427. The van der Waals surface area contributed by atoms with Gasteiger partial charge in [0.2, 0.25) is 0 Å². The van der Waals surface area contributed by atoms with Gasteiger partial charge in [0.1, 0.15) is 12.4 Å². The average Bonchev–Trinajstić information content (AvgIpc) is 2.30. The first kappa shape index (κ1) is 16.9. The first-order valence-corrected chi connectivity index (χ1v) is 4.14. The molecule has 0 aromatic carbocycles. The maximum atomic E-state index is 9.75. The Labute approximate surface area is 96.8 Å². The highest BCUT2D eigenvalue weighted by atomic mass is 79.9. The van der Waals surface area contributed by atoms with E-state index in [1.54, 1.807) is 0 Å². The van der Waals surface area contributed by atoms with E-state index in [-0.39, 0.29) is 17.0 Å². The number of hydrogen-bond acceptors (Lipinski definition) is 0. The van der Waals surface area contributed by atoms with Crippen molar-refractivity contribution in [1.82, 2.24) is 4.57 Å². The Morgan fingerprint density at radius 1 is 1.33 bits per heavy atom. The molecule has 8 heteroatoms. The minimum atomic E-state index is -6.00. The zero-order chi connectivity index (χ0) is 11.4. The monoisotopic (exact) mass is 292 g/mol. The fourth-order valence-corrected chi connectivity index (χ4v) is 0.933. The van der Waals surface area contributed by atoms with Crippen molar-refractivity contribution < 1.29 is 21.8 Å². The molecule has 1 aromatic heterocycles. The van der Waals surface area contributed by atoms with Crippen LogP contribution < -0.4 is 4.57 Å². The molecule has 0 amide bonds. The Bertz CT molecular complexity index is 281. The molecule has 0 fully saturated rings. The van der Waals surface area contributed by atoms with E-state index in [0.29, 0.717) is 0 Å². The second kappa shape index (κ2) is 6.87. The van der Waals surface area contributed by atoms with Crippen molar-refractivity contribution in [2.75, 3.05) is 0 Å². The van der Waals surface area contributed by atoms with Crippen molar-refractivity contribution in [2.45, 2.75) is 20.4 Å². The summed E-state index contributed by atoms with van der Waals surface area (Å²) in [5.74, 6) is 1.30. The summed E-state index contributed by atoms with van der Waals surface area (Å²) < 4.78 is 43.3. The first-order valence-electron chi connectivity index (χ1n) is 4.14. The normalized spacial score (nSPS) is 10.1. The highest BCUT2D eigenvalue weighted by molar-refractivity contribution is 8.93. The Morgan fingerprint density at radius 3 is 1.87 bits per heavy atom. The van der Waals surface area contributed by atoms with E-state index in [2.05, 4.69) is 42.4 Å². The van der Waals surface area contributed by atoms with Crippen LogP contribution in [0.25, 0.3) is 0 Å². The average molecular weight is 293 g/mol. The maximum absolute atomic E-state index is 9.75. The maximum Gasteiger partial charge on any atom is 0.673 e. The van der Waals surface area contributed by atoms with Crippen LogP contribution in [0.5, 0.6) is 0 Å². The molecular weight excluding hydrogens is 279 g/mol. The molecule has 0 aliphatic carbocycles. The predicted octanol–water partition coefficient (Wildman–Crippen LogP) is 2.52. The number of nitrogens with zero attached hydrogens (tertiary/aromatic N) is 2. The van der Waals surface area contributed by atoms with E-state index in [9.17, 15) is 17.3 Å². The van der Waals surface area contributed by atoms with Gasteiger partial charge in [0.15, 0.2) is 0 Å². The molecule has 1 aromatic rings. The molecule has 0 spiro atoms. The third-order valence-corrected chi connectivity index (χ3v) is 1.74. The highest BCUT2D eigenvalue weighted by Crippen LogP contribution is 2.06. The molecule has 1 rings (SSSR count). The van der Waals surface area contributed by atoms with E-state index in [1.807, 2.05) is 0 Å². The second-order valence-electron chi connectivity index (χ2n) is 2.74. The molecule has 0 aliphatic rings. The lowest BCUT2D eigenvalue weighted by Gasteiger charge is -1.94. The molecule has 90 valence electrons. The minimum absolute atomic E-state index is 0. The summed E-state index contributed by atoms with van der Waals surface area (Å²) in [4.78, 5) is 0. The van der Waals surface area contributed by atoms with Crippen LogP contribution in [0.2, 0.25) is 0 Å². The second-order valence-corrected chi connectivity index (χ2v) is 2.74. The summed E-state index contributed by atoms with van der Waals surface area (Å²) in [5, 5.41) is 0. The van der Waals surface area contributed by atoms with Crippen LogP contribution >= 0.6 is 17.0 Å². The molecule has 0 saturated carbocycles. The summed E-state index contributed by atoms with van der Waals surface area (Å²) in [6.07, 6.45) is 4.16. The van der Waals surface area contributed by atoms with Gasteiger partial charge < -0.3 is 17.3 Å². The van der Waals surface area contributed by atoms with E-state index in [1.165, 1.54) is 5.82 Å². The lowest BCUT2D eigenvalue weighted by Crippen LogP contribution is -2.29. The summed E-state index contributed by atoms with van der Waals surface area (Å²) in [6.45, 7) is 5.32. The van der Waals surface area contributed by atoms with E-state index in [0.717, 1.165) is 6.54 Å². The number of rotatable bonds is 1. The van der Waals surface area contributed by atoms with Gasteiger partial charge in [-0.3, -0.25) is 0 Å². The van der Waals surface area contributed by atoms with Gasteiger partial charge >= 0.3 is 7.25 Å². The smallest absolute Gasteiger partial charge is 0.418 e. The molecule has 1 heterocycles. The van der Waals surface area contributed by atoms with Gasteiger partial charge in [0.05, 0.1) is 13.6 Å². The van der Waals surface area contributed by atoms with Crippen molar-refractivity contribution in [1.29, 1.82) is 0 Å². The van der Waals surface area contributed by atoms with Gasteiger partial charge in [-0.05, 0) is 6.92 Å². The molecule has 2 nitrogen and oxygen atoms in total. The summed E-state index contributed by atoms with van der Waals surface area (Å²) >= 11 is 0. The molecule has 0 aliphatic heterocycles. The minimum Gasteiger partial charge on any atom is -0.418 e. The van der Waals surface area contributed by atoms with Crippen LogP contribution in [0, 0.1) is 6.92 Å². The number of aromatic nitrogens is 2. The number of imidazole rings is 1. The van der Waals surface area contributed by atoms with Gasteiger partial charge in [-0.1, -0.05) is 0 Å². The Kier molecular flexibility index (Phi) is 7.73. The van der Waals surface area contributed by atoms with Crippen molar-refractivity contribution in [3.05, 3.63) is 18.2 Å². The van der Waals surface area contributed by atoms with Crippen molar-refractivity contribution in [3.8, 4) is 0 Å². The molecular formula is C7H14BBrF4N2. The third kappa shape index (κ3) is 8.47. The fourth-order valence-electron chi connectivity index (χ4n) is 0.933. The first-order chi connectivity index (χ1) is 6.25. The standard InChI is InChI=1S/C7H13N2.BF4.BrH/c1-4-9-6-5-8(3)7(9)2;2-1(3,4)5;/h5-6H,4H2,1-3H3;;1H/q+1;-1;. The highest BCUT2D eigenvalue weighted by Gasteiger charge is 2.20. The van der Waals surface area contributed by atoms with Crippen LogP contribution in [0.4, 0.5) is 17.3 Å². The van der Waals surface area contributed by atoms with Gasteiger partial charge in [-0.15, -0.1) is 17.0 Å². The molecule has 15 heavy (non-hydrogen) atoms. The number of aryl methyl sites for hydroxylation is 2. The van der Waals surface area contributed by atoms with Gasteiger partial charge in [0.25, 0.3) is 5.82 Å². The molecule has 0 radical (unpaired) electrons. The zero-order valence-electron chi connectivity index (χ0n) is 8.75. The van der Waals surface area contributed by atoms with Crippen LogP contribution in [0.15, 0.2) is 12.4 Å². The molecule has 0 atom stereocenters. The molecule has 0 bridgehead atoms. The summed E-state index contributed by atoms with van der Waals surface area (Å²) in [5.41, 5.74) is 0. The van der Waals surface area contributed by atoms with E-state index < -0.39 is 7.25 Å². The van der Waals surface area contributed by atoms with Gasteiger partial charge in [-0.25, -0.2) is 9.13 Å². The van der Waals surface area contributed by atoms with E-state index >= 15 is 0 Å².